The van der Waals surface area contributed by atoms with Crippen LogP contribution < -0.4 is 10.6 Å². The van der Waals surface area contributed by atoms with Gasteiger partial charge in [0.2, 0.25) is 0 Å². The summed E-state index contributed by atoms with van der Waals surface area (Å²) in [5.74, 6) is -1.76. The SMILES string of the molecule is Cc1ccc(C(=O)NC2(C(=O)O)CCC2)cc1NC(=O)c1ccco1. The fourth-order valence-electron chi connectivity index (χ4n) is 2.70. The van der Waals surface area contributed by atoms with Gasteiger partial charge in [-0.1, -0.05) is 6.07 Å². The van der Waals surface area contributed by atoms with Gasteiger partial charge in [-0.25, -0.2) is 4.79 Å². The molecular weight excluding hydrogens is 324 g/mol. The summed E-state index contributed by atoms with van der Waals surface area (Å²) in [5.41, 5.74) is 0.340. The molecular formula is C18H18N2O5. The maximum absolute atomic E-state index is 12.4. The quantitative estimate of drug-likeness (QED) is 0.774. The minimum Gasteiger partial charge on any atom is -0.480 e. The summed E-state index contributed by atoms with van der Waals surface area (Å²) in [6, 6.07) is 7.96. The number of carbonyl (C=O) groups is 3. The lowest BCUT2D eigenvalue weighted by Crippen LogP contribution is -2.59. The van der Waals surface area contributed by atoms with Crippen molar-refractivity contribution in [3.05, 3.63) is 53.5 Å². The van der Waals surface area contributed by atoms with Crippen molar-refractivity contribution in [3.63, 3.8) is 0 Å². The largest absolute Gasteiger partial charge is 0.480 e. The third kappa shape index (κ3) is 3.26. The molecule has 25 heavy (non-hydrogen) atoms. The molecule has 2 aromatic rings. The van der Waals surface area contributed by atoms with Crippen LogP contribution in [-0.2, 0) is 4.79 Å². The van der Waals surface area contributed by atoms with Gasteiger partial charge >= 0.3 is 5.97 Å². The van der Waals surface area contributed by atoms with Crippen molar-refractivity contribution in [2.75, 3.05) is 5.32 Å². The highest BCUT2D eigenvalue weighted by Gasteiger charge is 2.45. The lowest BCUT2D eigenvalue weighted by atomic mass is 9.76. The zero-order valence-corrected chi connectivity index (χ0v) is 13.7. The summed E-state index contributed by atoms with van der Waals surface area (Å²) >= 11 is 0. The van der Waals surface area contributed by atoms with E-state index in [4.69, 9.17) is 4.42 Å². The molecule has 1 aromatic carbocycles. The molecule has 0 bridgehead atoms. The normalized spacial score (nSPS) is 15.1. The van der Waals surface area contributed by atoms with Gasteiger partial charge in [-0.15, -0.1) is 0 Å². The predicted octanol–water partition coefficient (Wildman–Crippen LogP) is 2.58. The van der Waals surface area contributed by atoms with Gasteiger partial charge in [0.05, 0.1) is 6.26 Å². The van der Waals surface area contributed by atoms with Gasteiger partial charge in [-0.2, -0.15) is 0 Å². The topological polar surface area (TPSA) is 109 Å². The van der Waals surface area contributed by atoms with Crippen molar-refractivity contribution in [1.82, 2.24) is 5.32 Å². The second-order valence-corrected chi connectivity index (χ2v) is 6.16. The van der Waals surface area contributed by atoms with Gasteiger partial charge < -0.3 is 20.2 Å². The third-order valence-electron chi connectivity index (χ3n) is 4.46. The molecule has 0 unspecified atom stereocenters. The van der Waals surface area contributed by atoms with Crippen molar-refractivity contribution in [2.45, 2.75) is 31.7 Å². The molecule has 0 aliphatic heterocycles. The number of aliphatic carboxylic acids is 1. The number of carboxylic acid groups (broad SMARTS) is 1. The highest BCUT2D eigenvalue weighted by molar-refractivity contribution is 6.04. The van der Waals surface area contributed by atoms with Crippen LogP contribution >= 0.6 is 0 Å². The predicted molar refractivity (Wildman–Crippen MR) is 89.5 cm³/mol. The molecule has 130 valence electrons. The Bertz CT molecular complexity index is 822. The van der Waals surface area contributed by atoms with E-state index in [0.717, 1.165) is 12.0 Å². The maximum atomic E-state index is 12.4. The highest BCUT2D eigenvalue weighted by Crippen LogP contribution is 2.32. The molecule has 0 radical (unpaired) electrons. The zero-order valence-electron chi connectivity index (χ0n) is 13.7. The van der Waals surface area contributed by atoms with E-state index < -0.39 is 23.3 Å². The molecule has 1 aliphatic carbocycles. The fourth-order valence-corrected chi connectivity index (χ4v) is 2.70. The van der Waals surface area contributed by atoms with Crippen molar-refractivity contribution in [3.8, 4) is 0 Å². The Morgan fingerprint density at radius 2 is 1.92 bits per heavy atom. The number of hydrogen-bond acceptors (Lipinski definition) is 4. The Kier molecular flexibility index (Phi) is 4.31. The van der Waals surface area contributed by atoms with E-state index in [0.29, 0.717) is 18.5 Å². The molecule has 0 spiro atoms. The molecule has 3 N–H and O–H groups in total. The zero-order chi connectivity index (χ0) is 18.0. The summed E-state index contributed by atoms with van der Waals surface area (Å²) in [5, 5.41) is 14.6. The molecule has 1 saturated carbocycles. The number of hydrogen-bond donors (Lipinski definition) is 3. The van der Waals surface area contributed by atoms with Gasteiger partial charge in [0.1, 0.15) is 5.54 Å². The van der Waals surface area contributed by atoms with Crippen molar-refractivity contribution in [1.29, 1.82) is 0 Å². The van der Waals surface area contributed by atoms with Crippen LogP contribution in [0.5, 0.6) is 0 Å². The van der Waals surface area contributed by atoms with Crippen LogP contribution in [0, 0.1) is 6.92 Å². The van der Waals surface area contributed by atoms with Gasteiger partial charge in [-0.05, 0) is 56.0 Å². The van der Waals surface area contributed by atoms with E-state index in [1.165, 1.54) is 18.4 Å². The van der Waals surface area contributed by atoms with Crippen LogP contribution in [0.4, 0.5) is 5.69 Å². The van der Waals surface area contributed by atoms with Gasteiger partial charge in [-0.3, -0.25) is 9.59 Å². The standard InChI is InChI=1S/C18H18N2O5/c1-11-5-6-12(15(21)20-18(17(23)24)7-3-8-18)10-13(11)19-16(22)14-4-2-9-25-14/h2,4-6,9-10H,3,7-8H2,1H3,(H,19,22)(H,20,21)(H,23,24). The van der Waals surface area contributed by atoms with Crippen molar-refractivity contribution in [2.24, 2.45) is 0 Å². The maximum Gasteiger partial charge on any atom is 0.329 e. The Balaban J connectivity index is 1.78. The Hall–Kier alpha value is -3.09. The molecule has 1 aromatic heterocycles. The van der Waals surface area contributed by atoms with E-state index in [-0.39, 0.29) is 11.3 Å². The second-order valence-electron chi connectivity index (χ2n) is 6.16. The highest BCUT2D eigenvalue weighted by atomic mass is 16.4. The van der Waals surface area contributed by atoms with Crippen LogP contribution in [0.2, 0.25) is 0 Å². The molecule has 1 aliphatic rings. The first kappa shape index (κ1) is 16.8. The molecule has 7 heteroatoms. The van der Waals surface area contributed by atoms with Crippen LogP contribution in [0.15, 0.2) is 41.0 Å². The van der Waals surface area contributed by atoms with Crippen LogP contribution in [0.1, 0.15) is 45.7 Å². The van der Waals surface area contributed by atoms with E-state index >= 15 is 0 Å². The van der Waals surface area contributed by atoms with Crippen LogP contribution in [0.25, 0.3) is 0 Å². The van der Waals surface area contributed by atoms with Gasteiger partial charge in [0.15, 0.2) is 5.76 Å². The molecule has 0 atom stereocenters. The molecule has 3 rings (SSSR count). The minimum atomic E-state index is -1.18. The summed E-state index contributed by atoms with van der Waals surface area (Å²) < 4.78 is 5.04. The average molecular weight is 342 g/mol. The van der Waals surface area contributed by atoms with Crippen molar-refractivity contribution >= 4 is 23.5 Å². The Morgan fingerprint density at radius 1 is 1.16 bits per heavy atom. The lowest BCUT2D eigenvalue weighted by molar-refractivity contribution is -0.148. The Morgan fingerprint density at radius 3 is 2.48 bits per heavy atom. The first-order valence-corrected chi connectivity index (χ1v) is 7.93. The molecule has 2 amide bonds. The Labute approximate surface area is 144 Å². The number of carbonyl (C=O) groups excluding carboxylic acids is 2. The number of benzene rings is 1. The smallest absolute Gasteiger partial charge is 0.329 e. The van der Waals surface area contributed by atoms with E-state index in [1.807, 2.05) is 0 Å². The van der Waals surface area contributed by atoms with Crippen LogP contribution in [-0.4, -0.2) is 28.4 Å². The summed E-state index contributed by atoms with van der Waals surface area (Å²) in [4.78, 5) is 35.9. The van der Waals surface area contributed by atoms with Crippen molar-refractivity contribution < 1.29 is 23.9 Å². The number of nitrogens with one attached hydrogen (secondary N) is 2. The number of carboxylic acids is 1. The summed E-state index contributed by atoms with van der Waals surface area (Å²) in [6.45, 7) is 1.80. The monoisotopic (exact) mass is 342 g/mol. The molecule has 1 fully saturated rings. The number of anilines is 1. The first-order chi connectivity index (χ1) is 11.9. The van der Waals surface area contributed by atoms with Gasteiger partial charge in [0, 0.05) is 11.3 Å². The number of amides is 2. The molecule has 0 saturated heterocycles. The fraction of sp³-hybridized carbons (Fsp3) is 0.278. The molecule has 7 nitrogen and oxygen atoms in total. The summed E-state index contributed by atoms with van der Waals surface area (Å²) in [6.07, 6.45) is 3.00. The lowest BCUT2D eigenvalue weighted by Gasteiger charge is -2.38. The second kappa shape index (κ2) is 6.43. The number of furan rings is 1. The number of rotatable bonds is 5. The average Bonchev–Trinajstić information content (AvgIpc) is 3.06. The van der Waals surface area contributed by atoms with Gasteiger partial charge in [0.25, 0.3) is 11.8 Å². The van der Waals surface area contributed by atoms with Crippen LogP contribution in [0.3, 0.4) is 0 Å². The van der Waals surface area contributed by atoms with E-state index in [9.17, 15) is 19.5 Å². The molecule has 1 heterocycles. The summed E-state index contributed by atoms with van der Waals surface area (Å²) in [7, 11) is 0. The van der Waals surface area contributed by atoms with E-state index in [1.54, 1.807) is 25.1 Å². The number of aryl methyl sites for hydroxylation is 1. The minimum absolute atomic E-state index is 0.161. The van der Waals surface area contributed by atoms with E-state index in [2.05, 4.69) is 10.6 Å². The first-order valence-electron chi connectivity index (χ1n) is 7.93. The third-order valence-corrected chi connectivity index (χ3v) is 4.46.